The van der Waals surface area contributed by atoms with Crippen LogP contribution in [0.25, 0.3) is 0 Å². The van der Waals surface area contributed by atoms with Crippen LogP contribution in [-0.2, 0) is 4.74 Å². The standard InChI is InChI=1S/C12H15NO3/c1-15-12-3-2-11(8-10(12)9-14)13-4-6-16-7-5-13/h2-3,8-9H,4-7H2,1H3. The minimum atomic E-state index is 0.589. The Morgan fingerprint density at radius 3 is 2.75 bits per heavy atom. The second kappa shape index (κ2) is 4.99. The summed E-state index contributed by atoms with van der Waals surface area (Å²) in [4.78, 5) is 13.1. The molecule has 0 saturated carbocycles. The van der Waals surface area contributed by atoms with Crippen molar-refractivity contribution >= 4 is 12.0 Å². The second-order valence-corrected chi connectivity index (χ2v) is 3.64. The van der Waals surface area contributed by atoms with Gasteiger partial charge in [-0.05, 0) is 18.2 Å². The van der Waals surface area contributed by atoms with Crippen molar-refractivity contribution in [3.63, 3.8) is 0 Å². The zero-order valence-corrected chi connectivity index (χ0v) is 9.31. The van der Waals surface area contributed by atoms with Crippen LogP contribution in [0.5, 0.6) is 5.75 Å². The van der Waals surface area contributed by atoms with Gasteiger partial charge in [-0.25, -0.2) is 0 Å². The van der Waals surface area contributed by atoms with Crippen LogP contribution in [0.1, 0.15) is 10.4 Å². The summed E-state index contributed by atoms with van der Waals surface area (Å²) < 4.78 is 10.4. The van der Waals surface area contributed by atoms with Crippen LogP contribution in [0.3, 0.4) is 0 Å². The third-order valence-corrected chi connectivity index (χ3v) is 2.72. The fraction of sp³-hybridized carbons (Fsp3) is 0.417. The van der Waals surface area contributed by atoms with E-state index >= 15 is 0 Å². The molecule has 4 nitrogen and oxygen atoms in total. The Morgan fingerprint density at radius 1 is 1.38 bits per heavy atom. The summed E-state index contributed by atoms with van der Waals surface area (Å²) in [6.45, 7) is 3.21. The molecule has 1 fully saturated rings. The predicted octanol–water partition coefficient (Wildman–Crippen LogP) is 1.34. The molecule has 16 heavy (non-hydrogen) atoms. The molecule has 1 aromatic rings. The van der Waals surface area contributed by atoms with Crippen molar-refractivity contribution in [2.45, 2.75) is 0 Å². The van der Waals surface area contributed by atoms with Gasteiger partial charge in [-0.2, -0.15) is 0 Å². The first-order chi connectivity index (χ1) is 7.85. The molecule has 1 aliphatic heterocycles. The molecule has 86 valence electrons. The fourth-order valence-electron chi connectivity index (χ4n) is 1.83. The molecule has 2 rings (SSSR count). The molecule has 0 atom stereocenters. The topological polar surface area (TPSA) is 38.8 Å². The lowest BCUT2D eigenvalue weighted by Gasteiger charge is -2.29. The monoisotopic (exact) mass is 221 g/mol. The molecule has 0 radical (unpaired) electrons. The van der Waals surface area contributed by atoms with Crippen LogP contribution in [0.4, 0.5) is 5.69 Å². The van der Waals surface area contributed by atoms with Crippen molar-refractivity contribution in [2.24, 2.45) is 0 Å². The van der Waals surface area contributed by atoms with E-state index in [1.165, 1.54) is 0 Å². The number of morpholine rings is 1. The van der Waals surface area contributed by atoms with E-state index in [4.69, 9.17) is 9.47 Å². The maximum absolute atomic E-state index is 10.9. The molecule has 0 spiro atoms. The van der Waals surface area contributed by atoms with Gasteiger partial charge in [0.15, 0.2) is 6.29 Å². The first kappa shape index (κ1) is 11.0. The molecule has 1 saturated heterocycles. The SMILES string of the molecule is COc1ccc(N2CCOCC2)cc1C=O. The normalized spacial score (nSPS) is 15.9. The van der Waals surface area contributed by atoms with Crippen LogP contribution in [0.2, 0.25) is 0 Å². The van der Waals surface area contributed by atoms with E-state index in [2.05, 4.69) is 4.90 Å². The third-order valence-electron chi connectivity index (χ3n) is 2.72. The lowest BCUT2D eigenvalue weighted by molar-refractivity contribution is 0.112. The third kappa shape index (κ3) is 2.17. The van der Waals surface area contributed by atoms with E-state index < -0.39 is 0 Å². The van der Waals surface area contributed by atoms with Crippen molar-refractivity contribution in [1.29, 1.82) is 0 Å². The zero-order chi connectivity index (χ0) is 11.4. The number of aldehydes is 1. The molecule has 0 bridgehead atoms. The average molecular weight is 221 g/mol. The van der Waals surface area contributed by atoms with Crippen molar-refractivity contribution < 1.29 is 14.3 Å². The number of rotatable bonds is 3. The smallest absolute Gasteiger partial charge is 0.153 e. The van der Waals surface area contributed by atoms with Crippen LogP contribution in [-0.4, -0.2) is 39.7 Å². The summed E-state index contributed by atoms with van der Waals surface area (Å²) >= 11 is 0. The van der Waals surface area contributed by atoms with Gasteiger partial charge in [0.2, 0.25) is 0 Å². The van der Waals surface area contributed by atoms with E-state index in [1.54, 1.807) is 7.11 Å². The van der Waals surface area contributed by atoms with E-state index in [-0.39, 0.29) is 0 Å². The Kier molecular flexibility index (Phi) is 3.41. The van der Waals surface area contributed by atoms with Gasteiger partial charge in [-0.15, -0.1) is 0 Å². The lowest BCUT2D eigenvalue weighted by atomic mass is 10.1. The first-order valence-corrected chi connectivity index (χ1v) is 5.31. The highest BCUT2D eigenvalue weighted by molar-refractivity contribution is 5.81. The molecule has 1 aromatic carbocycles. The Hall–Kier alpha value is -1.55. The summed E-state index contributed by atoms with van der Waals surface area (Å²) in [5.74, 6) is 0.618. The van der Waals surface area contributed by atoms with Crippen LogP contribution >= 0.6 is 0 Å². The Labute approximate surface area is 94.8 Å². The lowest BCUT2D eigenvalue weighted by Crippen LogP contribution is -2.36. The van der Waals surface area contributed by atoms with Crippen molar-refractivity contribution in [3.8, 4) is 5.75 Å². The van der Waals surface area contributed by atoms with E-state index in [0.717, 1.165) is 38.3 Å². The van der Waals surface area contributed by atoms with Gasteiger partial charge in [0.25, 0.3) is 0 Å². The Morgan fingerprint density at radius 2 is 2.12 bits per heavy atom. The van der Waals surface area contributed by atoms with Gasteiger partial charge in [0.05, 0.1) is 25.9 Å². The molecular formula is C12H15NO3. The van der Waals surface area contributed by atoms with Gasteiger partial charge in [-0.1, -0.05) is 0 Å². The number of carbonyl (C=O) groups excluding carboxylic acids is 1. The maximum Gasteiger partial charge on any atom is 0.153 e. The summed E-state index contributed by atoms with van der Waals surface area (Å²) in [5, 5.41) is 0. The van der Waals surface area contributed by atoms with Crippen molar-refractivity contribution in [1.82, 2.24) is 0 Å². The number of benzene rings is 1. The quantitative estimate of drug-likeness (QED) is 0.722. The van der Waals surface area contributed by atoms with E-state index in [1.807, 2.05) is 18.2 Å². The van der Waals surface area contributed by atoms with Crippen LogP contribution in [0.15, 0.2) is 18.2 Å². The number of hydrogen-bond donors (Lipinski definition) is 0. The Balaban J connectivity index is 2.24. The molecule has 0 aliphatic carbocycles. The minimum Gasteiger partial charge on any atom is -0.496 e. The average Bonchev–Trinajstić information content (AvgIpc) is 2.39. The second-order valence-electron chi connectivity index (χ2n) is 3.64. The number of ether oxygens (including phenoxy) is 2. The highest BCUT2D eigenvalue weighted by Crippen LogP contribution is 2.24. The summed E-state index contributed by atoms with van der Waals surface area (Å²) in [5.41, 5.74) is 1.64. The largest absolute Gasteiger partial charge is 0.496 e. The first-order valence-electron chi connectivity index (χ1n) is 5.31. The Bertz CT molecular complexity index is 373. The van der Waals surface area contributed by atoms with Crippen molar-refractivity contribution in [2.75, 3.05) is 38.3 Å². The van der Waals surface area contributed by atoms with Crippen LogP contribution in [0, 0.1) is 0 Å². The van der Waals surface area contributed by atoms with E-state index in [0.29, 0.717) is 11.3 Å². The zero-order valence-electron chi connectivity index (χ0n) is 9.31. The van der Waals surface area contributed by atoms with Crippen molar-refractivity contribution in [3.05, 3.63) is 23.8 Å². The molecule has 0 aromatic heterocycles. The molecule has 0 amide bonds. The van der Waals surface area contributed by atoms with E-state index in [9.17, 15) is 4.79 Å². The molecule has 1 heterocycles. The number of methoxy groups -OCH3 is 1. The molecule has 0 unspecified atom stereocenters. The van der Waals surface area contributed by atoms with Gasteiger partial charge < -0.3 is 14.4 Å². The minimum absolute atomic E-state index is 0.589. The summed E-state index contributed by atoms with van der Waals surface area (Å²) in [6.07, 6.45) is 0.822. The molecule has 1 aliphatic rings. The van der Waals surface area contributed by atoms with Gasteiger partial charge >= 0.3 is 0 Å². The number of carbonyl (C=O) groups is 1. The van der Waals surface area contributed by atoms with Crippen LogP contribution < -0.4 is 9.64 Å². The highest BCUT2D eigenvalue weighted by atomic mass is 16.5. The summed E-state index contributed by atoms with van der Waals surface area (Å²) in [7, 11) is 1.57. The number of hydrogen-bond acceptors (Lipinski definition) is 4. The summed E-state index contributed by atoms with van der Waals surface area (Å²) in [6, 6.07) is 5.66. The van der Waals surface area contributed by atoms with Gasteiger partial charge in [-0.3, -0.25) is 4.79 Å². The molecular weight excluding hydrogens is 206 g/mol. The number of anilines is 1. The fourth-order valence-corrected chi connectivity index (χ4v) is 1.83. The number of nitrogens with zero attached hydrogens (tertiary/aromatic N) is 1. The predicted molar refractivity (Wildman–Crippen MR) is 61.4 cm³/mol. The maximum atomic E-state index is 10.9. The highest BCUT2D eigenvalue weighted by Gasteiger charge is 2.12. The molecule has 0 N–H and O–H groups in total. The van der Waals surface area contributed by atoms with Gasteiger partial charge in [0, 0.05) is 18.8 Å². The van der Waals surface area contributed by atoms with Gasteiger partial charge in [0.1, 0.15) is 5.75 Å². The molecule has 4 heteroatoms.